The Morgan fingerprint density at radius 2 is 2.20 bits per heavy atom. The van der Waals surface area contributed by atoms with E-state index in [1.165, 1.54) is 12.8 Å². The summed E-state index contributed by atoms with van der Waals surface area (Å²) in [5.74, 6) is 0.781. The molecule has 2 rings (SSSR count). The van der Waals surface area contributed by atoms with E-state index in [1.807, 2.05) is 26.0 Å². The molecule has 0 heterocycles. The fourth-order valence-electron chi connectivity index (χ4n) is 2.05. The van der Waals surface area contributed by atoms with Crippen molar-refractivity contribution in [3.63, 3.8) is 0 Å². The van der Waals surface area contributed by atoms with E-state index in [4.69, 9.17) is 4.74 Å². The molecule has 20 heavy (non-hydrogen) atoms. The molecule has 1 amide bonds. The van der Waals surface area contributed by atoms with E-state index in [0.717, 1.165) is 29.8 Å². The van der Waals surface area contributed by atoms with Crippen LogP contribution in [0.1, 0.15) is 37.3 Å². The number of hydrogen-bond acceptors (Lipinski definition) is 3. The van der Waals surface area contributed by atoms with Crippen LogP contribution in [0.4, 0.5) is 0 Å². The Kier molecular flexibility index (Phi) is 5.41. The van der Waals surface area contributed by atoms with Gasteiger partial charge in [0.1, 0.15) is 5.75 Å². The highest BCUT2D eigenvalue weighted by Crippen LogP contribution is 2.25. The third-order valence-corrected chi connectivity index (χ3v) is 3.37. The van der Waals surface area contributed by atoms with Crippen LogP contribution >= 0.6 is 0 Å². The van der Waals surface area contributed by atoms with Crippen molar-refractivity contribution in [2.24, 2.45) is 0 Å². The molecule has 0 bridgehead atoms. The van der Waals surface area contributed by atoms with Crippen molar-refractivity contribution in [3.8, 4) is 5.75 Å². The first-order chi connectivity index (χ1) is 9.70. The molecule has 0 unspecified atom stereocenters. The largest absolute Gasteiger partial charge is 0.483 e. The molecule has 0 aliphatic heterocycles. The molecule has 0 aromatic heterocycles. The molecular formula is C16H24N2O2. The van der Waals surface area contributed by atoms with Gasteiger partial charge in [0.2, 0.25) is 0 Å². The summed E-state index contributed by atoms with van der Waals surface area (Å²) < 4.78 is 5.73. The van der Waals surface area contributed by atoms with E-state index < -0.39 is 0 Å². The second kappa shape index (κ2) is 7.29. The molecule has 1 aliphatic rings. The van der Waals surface area contributed by atoms with Gasteiger partial charge < -0.3 is 15.4 Å². The summed E-state index contributed by atoms with van der Waals surface area (Å²) in [5, 5.41) is 6.30. The van der Waals surface area contributed by atoms with Gasteiger partial charge in [0.15, 0.2) is 6.61 Å². The van der Waals surface area contributed by atoms with E-state index in [1.54, 1.807) is 0 Å². The highest BCUT2D eigenvalue weighted by atomic mass is 16.5. The van der Waals surface area contributed by atoms with Crippen LogP contribution in [0.2, 0.25) is 0 Å². The van der Waals surface area contributed by atoms with E-state index in [-0.39, 0.29) is 12.5 Å². The Hall–Kier alpha value is -1.55. The van der Waals surface area contributed by atoms with Gasteiger partial charge in [-0.2, -0.15) is 0 Å². The molecule has 1 aromatic carbocycles. The summed E-state index contributed by atoms with van der Waals surface area (Å²) >= 11 is 0. The second-order valence-corrected chi connectivity index (χ2v) is 5.36. The fourth-order valence-corrected chi connectivity index (χ4v) is 2.05. The number of amides is 1. The summed E-state index contributed by atoms with van der Waals surface area (Å²) in [6.45, 7) is 5.63. The Bertz CT molecular complexity index is 456. The van der Waals surface area contributed by atoms with Gasteiger partial charge >= 0.3 is 0 Å². The number of carbonyl (C=O) groups is 1. The zero-order valence-corrected chi connectivity index (χ0v) is 12.4. The fraction of sp³-hybridized carbons (Fsp3) is 0.562. The van der Waals surface area contributed by atoms with Gasteiger partial charge in [-0.05, 0) is 31.7 Å². The normalized spacial score (nSPS) is 14.1. The molecule has 4 heteroatoms. The van der Waals surface area contributed by atoms with E-state index in [0.29, 0.717) is 12.6 Å². The van der Waals surface area contributed by atoms with Gasteiger partial charge in [0.25, 0.3) is 5.91 Å². The van der Waals surface area contributed by atoms with Crippen LogP contribution in [-0.2, 0) is 11.3 Å². The topological polar surface area (TPSA) is 50.4 Å². The Balaban J connectivity index is 1.92. The average Bonchev–Trinajstić information content (AvgIpc) is 3.26. The molecule has 0 radical (unpaired) electrons. The van der Waals surface area contributed by atoms with Gasteiger partial charge in [0.05, 0.1) is 0 Å². The van der Waals surface area contributed by atoms with Crippen molar-refractivity contribution in [1.82, 2.24) is 10.6 Å². The molecule has 2 N–H and O–H groups in total. The molecule has 0 saturated heterocycles. The summed E-state index contributed by atoms with van der Waals surface area (Å²) in [5.41, 5.74) is 2.20. The minimum absolute atomic E-state index is 0.0591. The third kappa shape index (κ3) is 4.53. The van der Waals surface area contributed by atoms with Crippen molar-refractivity contribution in [3.05, 3.63) is 29.3 Å². The Morgan fingerprint density at radius 1 is 1.40 bits per heavy atom. The van der Waals surface area contributed by atoms with Crippen molar-refractivity contribution in [2.45, 2.75) is 45.7 Å². The average molecular weight is 276 g/mol. The van der Waals surface area contributed by atoms with Gasteiger partial charge in [-0.3, -0.25) is 4.79 Å². The lowest BCUT2D eigenvalue weighted by molar-refractivity contribution is -0.123. The number of benzene rings is 1. The smallest absolute Gasteiger partial charge is 0.257 e. The zero-order chi connectivity index (χ0) is 14.4. The van der Waals surface area contributed by atoms with Crippen LogP contribution in [0.15, 0.2) is 18.2 Å². The van der Waals surface area contributed by atoms with Crippen molar-refractivity contribution in [2.75, 3.05) is 13.2 Å². The Morgan fingerprint density at radius 3 is 2.90 bits per heavy atom. The number of carbonyl (C=O) groups excluding carboxylic acids is 1. The van der Waals surface area contributed by atoms with Gasteiger partial charge in [-0.1, -0.05) is 25.1 Å². The van der Waals surface area contributed by atoms with Crippen LogP contribution in [0.25, 0.3) is 0 Å². The molecule has 1 aliphatic carbocycles. The minimum atomic E-state index is -0.0591. The number of para-hydroxylation sites is 1. The van der Waals surface area contributed by atoms with Crippen molar-refractivity contribution >= 4 is 5.91 Å². The minimum Gasteiger partial charge on any atom is -0.483 e. The second-order valence-electron chi connectivity index (χ2n) is 5.36. The zero-order valence-electron chi connectivity index (χ0n) is 12.4. The first kappa shape index (κ1) is 14.9. The first-order valence-corrected chi connectivity index (χ1v) is 7.42. The summed E-state index contributed by atoms with van der Waals surface area (Å²) in [6, 6.07) is 6.77. The van der Waals surface area contributed by atoms with Crippen LogP contribution in [0, 0.1) is 6.92 Å². The predicted octanol–water partition coefficient (Wildman–Crippen LogP) is 2.15. The molecule has 1 saturated carbocycles. The number of rotatable bonds is 8. The summed E-state index contributed by atoms with van der Waals surface area (Å²) in [7, 11) is 0. The quantitative estimate of drug-likeness (QED) is 0.765. The monoisotopic (exact) mass is 276 g/mol. The molecule has 0 spiro atoms. The molecular weight excluding hydrogens is 252 g/mol. The standard InChI is InChI=1S/C16H24N2O2/c1-3-9-17-15(19)11-20-16-12(2)5-4-6-13(16)10-18-14-7-8-14/h4-6,14,18H,3,7-11H2,1-2H3,(H,17,19). The molecule has 110 valence electrons. The van der Waals surface area contributed by atoms with Crippen LogP contribution in [0.3, 0.4) is 0 Å². The van der Waals surface area contributed by atoms with Gasteiger partial charge in [0, 0.05) is 24.7 Å². The van der Waals surface area contributed by atoms with Gasteiger partial charge in [-0.25, -0.2) is 0 Å². The number of nitrogens with one attached hydrogen (secondary N) is 2. The van der Waals surface area contributed by atoms with Crippen molar-refractivity contribution < 1.29 is 9.53 Å². The summed E-state index contributed by atoms with van der Waals surface area (Å²) in [4.78, 5) is 11.6. The number of hydrogen-bond donors (Lipinski definition) is 2. The molecule has 4 nitrogen and oxygen atoms in total. The van der Waals surface area contributed by atoms with E-state index in [9.17, 15) is 4.79 Å². The van der Waals surface area contributed by atoms with Crippen LogP contribution in [0.5, 0.6) is 5.75 Å². The van der Waals surface area contributed by atoms with Crippen molar-refractivity contribution in [1.29, 1.82) is 0 Å². The first-order valence-electron chi connectivity index (χ1n) is 7.42. The lowest BCUT2D eigenvalue weighted by atomic mass is 10.1. The van der Waals surface area contributed by atoms with E-state index >= 15 is 0 Å². The van der Waals surface area contributed by atoms with Crippen LogP contribution < -0.4 is 15.4 Å². The molecule has 1 aromatic rings. The maximum atomic E-state index is 11.6. The Labute approximate surface area is 120 Å². The SMILES string of the molecule is CCCNC(=O)COc1c(C)cccc1CNC1CC1. The lowest BCUT2D eigenvalue weighted by Gasteiger charge is -2.14. The molecule has 1 fully saturated rings. The maximum absolute atomic E-state index is 11.6. The molecule has 0 atom stereocenters. The van der Waals surface area contributed by atoms with Crippen LogP contribution in [-0.4, -0.2) is 25.1 Å². The van der Waals surface area contributed by atoms with Gasteiger partial charge in [-0.15, -0.1) is 0 Å². The predicted molar refractivity (Wildman–Crippen MR) is 79.8 cm³/mol. The number of ether oxygens (including phenoxy) is 1. The third-order valence-electron chi connectivity index (χ3n) is 3.37. The number of aryl methyl sites for hydroxylation is 1. The highest BCUT2D eigenvalue weighted by molar-refractivity contribution is 5.77. The van der Waals surface area contributed by atoms with E-state index in [2.05, 4.69) is 16.7 Å². The lowest BCUT2D eigenvalue weighted by Crippen LogP contribution is -2.29. The summed E-state index contributed by atoms with van der Waals surface area (Å²) in [6.07, 6.45) is 3.47. The highest BCUT2D eigenvalue weighted by Gasteiger charge is 2.21. The maximum Gasteiger partial charge on any atom is 0.257 e.